The van der Waals surface area contributed by atoms with Gasteiger partial charge in [0.25, 0.3) is 0 Å². The molecule has 1 aromatic carbocycles. The summed E-state index contributed by atoms with van der Waals surface area (Å²) in [5.74, 6) is -1.51. The quantitative estimate of drug-likeness (QED) is 0.427. The summed E-state index contributed by atoms with van der Waals surface area (Å²) >= 11 is 4.46. The Morgan fingerprint density at radius 3 is 2.39 bits per heavy atom. The van der Waals surface area contributed by atoms with Crippen LogP contribution in [-0.4, -0.2) is 51.7 Å². The summed E-state index contributed by atoms with van der Waals surface area (Å²) in [6, 6.07) is 5.16. The molecule has 2 rings (SSSR count). The van der Waals surface area contributed by atoms with Crippen LogP contribution in [0.15, 0.2) is 24.3 Å². The van der Waals surface area contributed by atoms with Crippen LogP contribution in [0.3, 0.4) is 0 Å². The molecular formula is C18H27N2O6PS. The zero-order valence-corrected chi connectivity index (χ0v) is 18.2. The molecule has 1 saturated heterocycles. The van der Waals surface area contributed by atoms with Gasteiger partial charge in [-0.15, -0.1) is 0 Å². The maximum absolute atomic E-state index is 13.5. The molecular weight excluding hydrogens is 403 g/mol. The molecule has 1 aliphatic heterocycles. The molecule has 2 N–H and O–H groups in total. The summed E-state index contributed by atoms with van der Waals surface area (Å²) in [5.41, 5.74) is 0.405. The Morgan fingerprint density at radius 2 is 1.86 bits per heavy atom. The van der Waals surface area contributed by atoms with Gasteiger partial charge < -0.3 is 10.4 Å². The van der Waals surface area contributed by atoms with E-state index in [9.17, 15) is 14.2 Å². The first-order valence-corrected chi connectivity index (χ1v) is 11.1. The van der Waals surface area contributed by atoms with E-state index in [0.29, 0.717) is 12.1 Å². The Balaban J connectivity index is 2.26. The van der Waals surface area contributed by atoms with Crippen molar-refractivity contribution < 1.29 is 28.3 Å². The van der Waals surface area contributed by atoms with Gasteiger partial charge in [0.2, 0.25) is 5.91 Å². The van der Waals surface area contributed by atoms with Gasteiger partial charge in [-0.05, 0) is 52.3 Å². The monoisotopic (exact) mass is 430 g/mol. The first-order valence-electron chi connectivity index (χ1n) is 9.08. The summed E-state index contributed by atoms with van der Waals surface area (Å²) in [7, 11) is -3.73. The number of carbonyl (C=O) groups is 2. The molecule has 10 heteroatoms. The standard InChI is InChI=1S/C18H27N2O6PS/c1-11(2)25-27(24,26-12(3)4)20-10-15(28)9-16(20)17(21)19-14-7-5-6-13(8-14)18(22)23/h5-8,11-12,15-16,28H,9-10H2,1-4H3,(H,19,21)(H,22,23). The second-order valence-corrected chi connectivity index (χ2v) is 9.78. The normalized spacial score (nSPS) is 20.7. The van der Waals surface area contributed by atoms with Crippen LogP contribution in [0, 0.1) is 0 Å². The van der Waals surface area contributed by atoms with Gasteiger partial charge >= 0.3 is 13.7 Å². The number of amides is 1. The molecule has 156 valence electrons. The maximum Gasteiger partial charge on any atom is 0.409 e. The van der Waals surface area contributed by atoms with Crippen molar-refractivity contribution in [3.8, 4) is 0 Å². The third kappa shape index (κ3) is 5.81. The second kappa shape index (κ2) is 9.41. The van der Waals surface area contributed by atoms with Crippen molar-refractivity contribution in [1.29, 1.82) is 0 Å². The lowest BCUT2D eigenvalue weighted by atomic mass is 10.1. The number of anilines is 1. The van der Waals surface area contributed by atoms with Crippen molar-refractivity contribution in [2.75, 3.05) is 11.9 Å². The minimum atomic E-state index is -3.73. The Labute approximate surface area is 170 Å². The Hall–Kier alpha value is -1.38. The SMILES string of the molecule is CC(C)OP(=O)(OC(C)C)N1CC(S)CC1C(=O)Nc1cccc(C(=O)O)c1. The van der Waals surface area contributed by atoms with Crippen LogP contribution in [0.4, 0.5) is 5.69 Å². The van der Waals surface area contributed by atoms with E-state index in [1.165, 1.54) is 16.8 Å². The van der Waals surface area contributed by atoms with Crippen molar-refractivity contribution >= 4 is 37.9 Å². The van der Waals surface area contributed by atoms with Gasteiger partial charge in [0.1, 0.15) is 6.04 Å². The number of hydrogen-bond acceptors (Lipinski definition) is 6. The largest absolute Gasteiger partial charge is 0.478 e. The fraction of sp³-hybridized carbons (Fsp3) is 0.556. The highest BCUT2D eigenvalue weighted by Gasteiger charge is 2.48. The Bertz CT molecular complexity index is 758. The van der Waals surface area contributed by atoms with Crippen molar-refractivity contribution in [3.63, 3.8) is 0 Å². The summed E-state index contributed by atoms with van der Waals surface area (Å²) < 4.78 is 26.2. The summed E-state index contributed by atoms with van der Waals surface area (Å²) in [6.45, 7) is 7.26. The number of nitrogens with zero attached hydrogens (tertiary/aromatic N) is 1. The lowest BCUT2D eigenvalue weighted by molar-refractivity contribution is -0.119. The predicted molar refractivity (Wildman–Crippen MR) is 110 cm³/mol. The lowest BCUT2D eigenvalue weighted by Crippen LogP contribution is -2.39. The number of carbonyl (C=O) groups excluding carboxylic acids is 1. The highest BCUT2D eigenvalue weighted by atomic mass is 32.1. The maximum atomic E-state index is 13.5. The first kappa shape index (κ1) is 22.9. The predicted octanol–water partition coefficient (Wildman–Crippen LogP) is 3.65. The van der Waals surface area contributed by atoms with Gasteiger partial charge in [-0.2, -0.15) is 17.3 Å². The van der Waals surface area contributed by atoms with Crippen LogP contribution < -0.4 is 5.32 Å². The average Bonchev–Trinajstić information content (AvgIpc) is 2.96. The van der Waals surface area contributed by atoms with Gasteiger partial charge in [0.05, 0.1) is 17.8 Å². The van der Waals surface area contributed by atoms with Crippen LogP contribution in [-0.2, 0) is 18.4 Å². The molecule has 0 bridgehead atoms. The number of aromatic carboxylic acids is 1. The summed E-state index contributed by atoms with van der Waals surface area (Å²) in [5, 5.41) is 11.6. The smallest absolute Gasteiger partial charge is 0.409 e. The number of carboxylic acids is 1. The van der Waals surface area contributed by atoms with Gasteiger partial charge in [0, 0.05) is 17.5 Å². The van der Waals surface area contributed by atoms with E-state index in [1.54, 1.807) is 39.8 Å². The molecule has 8 nitrogen and oxygen atoms in total. The van der Waals surface area contributed by atoms with E-state index in [0.717, 1.165) is 0 Å². The van der Waals surface area contributed by atoms with Gasteiger partial charge in [-0.3, -0.25) is 13.8 Å². The molecule has 1 heterocycles. The van der Waals surface area contributed by atoms with E-state index < -0.39 is 25.7 Å². The first-order chi connectivity index (χ1) is 13.0. The van der Waals surface area contributed by atoms with Crippen LogP contribution in [0.25, 0.3) is 0 Å². The zero-order chi connectivity index (χ0) is 21.1. The fourth-order valence-corrected chi connectivity index (χ4v) is 5.74. The zero-order valence-electron chi connectivity index (χ0n) is 16.4. The number of rotatable bonds is 8. The van der Waals surface area contributed by atoms with Crippen LogP contribution in [0.2, 0.25) is 0 Å². The van der Waals surface area contributed by atoms with Crippen molar-refractivity contribution in [3.05, 3.63) is 29.8 Å². The van der Waals surface area contributed by atoms with E-state index in [1.807, 2.05) is 0 Å². The number of carboxylic acid groups (broad SMARTS) is 1. The molecule has 0 radical (unpaired) electrons. The van der Waals surface area contributed by atoms with Crippen molar-refractivity contribution in [2.24, 2.45) is 0 Å². The molecule has 2 atom stereocenters. The highest BCUT2D eigenvalue weighted by Crippen LogP contribution is 2.57. The van der Waals surface area contributed by atoms with E-state index >= 15 is 0 Å². The highest BCUT2D eigenvalue weighted by molar-refractivity contribution is 7.81. The number of thiol groups is 1. The molecule has 1 aliphatic rings. The minimum absolute atomic E-state index is 0.0603. The summed E-state index contributed by atoms with van der Waals surface area (Å²) in [6.07, 6.45) is -0.362. The van der Waals surface area contributed by atoms with E-state index in [4.69, 9.17) is 14.2 Å². The van der Waals surface area contributed by atoms with Gasteiger partial charge in [-0.1, -0.05) is 6.07 Å². The molecule has 0 saturated carbocycles. The molecule has 0 aliphatic carbocycles. The molecule has 1 fully saturated rings. The average molecular weight is 430 g/mol. The topological polar surface area (TPSA) is 105 Å². The molecule has 28 heavy (non-hydrogen) atoms. The van der Waals surface area contributed by atoms with Crippen LogP contribution in [0.1, 0.15) is 44.5 Å². The second-order valence-electron chi connectivity index (χ2n) is 7.18. The third-order valence-electron chi connectivity index (χ3n) is 3.94. The van der Waals surface area contributed by atoms with E-state index in [2.05, 4.69) is 17.9 Å². The number of benzene rings is 1. The number of nitrogens with one attached hydrogen (secondary N) is 1. The van der Waals surface area contributed by atoms with Gasteiger partial charge in [-0.25, -0.2) is 9.36 Å². The molecule has 0 spiro atoms. The Kier molecular flexibility index (Phi) is 7.70. The van der Waals surface area contributed by atoms with Gasteiger partial charge in [0.15, 0.2) is 0 Å². The fourth-order valence-electron chi connectivity index (χ4n) is 2.94. The molecule has 1 aromatic rings. The molecule has 1 amide bonds. The third-order valence-corrected chi connectivity index (χ3v) is 6.76. The van der Waals surface area contributed by atoms with Crippen molar-refractivity contribution in [2.45, 2.75) is 57.6 Å². The molecule has 0 aromatic heterocycles. The minimum Gasteiger partial charge on any atom is -0.478 e. The van der Waals surface area contributed by atoms with Crippen LogP contribution >= 0.6 is 20.4 Å². The summed E-state index contributed by atoms with van der Waals surface area (Å²) in [4.78, 5) is 24.0. The Morgan fingerprint density at radius 1 is 1.25 bits per heavy atom. The van der Waals surface area contributed by atoms with Crippen molar-refractivity contribution in [1.82, 2.24) is 4.67 Å². The lowest BCUT2D eigenvalue weighted by Gasteiger charge is -2.32. The van der Waals surface area contributed by atoms with Crippen LogP contribution in [0.5, 0.6) is 0 Å². The molecule has 2 unspecified atom stereocenters. The number of hydrogen-bond donors (Lipinski definition) is 3. The van der Waals surface area contributed by atoms with E-state index in [-0.39, 0.29) is 29.6 Å².